The van der Waals surface area contributed by atoms with Gasteiger partial charge in [-0.15, -0.1) is 0 Å². The van der Waals surface area contributed by atoms with Gasteiger partial charge in [-0.3, -0.25) is 0 Å². The van der Waals surface area contributed by atoms with Gasteiger partial charge in [-0.1, -0.05) is 6.92 Å². The average Bonchev–Trinajstić information content (AvgIpc) is 2.18. The Morgan fingerprint density at radius 2 is 2.14 bits per heavy atom. The van der Waals surface area contributed by atoms with Gasteiger partial charge in [-0.25, -0.2) is 0 Å². The molecule has 0 heterocycles. The third kappa shape index (κ3) is 0.653. The molecule has 42 valence electrons. The van der Waals surface area contributed by atoms with Crippen molar-refractivity contribution in [2.24, 2.45) is 5.92 Å². The minimum absolute atomic E-state index is 0.250. The van der Waals surface area contributed by atoms with Crippen LogP contribution in [0.3, 0.4) is 0 Å². The predicted octanol–water partition coefficient (Wildman–Crippen LogP) is 1.43. The Morgan fingerprint density at radius 1 is 1.71 bits per heavy atom. The van der Waals surface area contributed by atoms with Crippen LogP contribution in [0.4, 0.5) is 0 Å². The maximum atomic E-state index is 5.16. The lowest BCUT2D eigenvalue weighted by molar-refractivity contribution is 0.0843. The molecule has 0 aromatic heterocycles. The highest BCUT2D eigenvalue weighted by molar-refractivity contribution is 4.97. The first kappa shape index (κ1) is 5.10. The van der Waals surface area contributed by atoms with E-state index in [1.807, 2.05) is 0 Å². The second-order valence-corrected chi connectivity index (χ2v) is 2.62. The van der Waals surface area contributed by atoms with Gasteiger partial charge >= 0.3 is 0 Å². The third-order valence-corrected chi connectivity index (χ3v) is 2.06. The van der Waals surface area contributed by atoms with Crippen LogP contribution in [-0.2, 0) is 4.74 Å². The molecule has 1 aliphatic carbocycles. The van der Waals surface area contributed by atoms with Crippen LogP contribution in [-0.4, -0.2) is 12.7 Å². The van der Waals surface area contributed by atoms with Gasteiger partial charge in [0.15, 0.2) is 0 Å². The van der Waals surface area contributed by atoms with Gasteiger partial charge in [-0.05, 0) is 19.3 Å². The van der Waals surface area contributed by atoms with Gasteiger partial charge in [0.1, 0.15) is 0 Å². The number of rotatable bonds is 1. The van der Waals surface area contributed by atoms with Crippen molar-refractivity contribution in [1.82, 2.24) is 0 Å². The molecule has 0 amide bonds. The molecule has 0 aliphatic heterocycles. The van der Waals surface area contributed by atoms with Crippen LogP contribution in [0.1, 0.15) is 20.3 Å². The Kier molecular flexibility index (Phi) is 0.890. The van der Waals surface area contributed by atoms with E-state index >= 15 is 0 Å². The van der Waals surface area contributed by atoms with E-state index in [2.05, 4.69) is 13.8 Å². The molecule has 2 atom stereocenters. The number of hydrogen-bond acceptors (Lipinski definition) is 1. The summed E-state index contributed by atoms with van der Waals surface area (Å²) in [5.41, 5.74) is 0.250. The van der Waals surface area contributed by atoms with Crippen LogP contribution in [0.2, 0.25) is 0 Å². The van der Waals surface area contributed by atoms with E-state index in [4.69, 9.17) is 4.74 Å². The first-order valence-corrected chi connectivity index (χ1v) is 2.74. The normalized spacial score (nSPS) is 49.3. The van der Waals surface area contributed by atoms with Crippen LogP contribution in [0.5, 0.6) is 0 Å². The summed E-state index contributed by atoms with van der Waals surface area (Å²) >= 11 is 0. The maximum absolute atomic E-state index is 5.16. The van der Waals surface area contributed by atoms with Gasteiger partial charge in [-0.2, -0.15) is 0 Å². The second-order valence-electron chi connectivity index (χ2n) is 2.62. The first-order chi connectivity index (χ1) is 3.19. The topological polar surface area (TPSA) is 9.23 Å². The Balaban J connectivity index is 2.36. The molecule has 1 saturated carbocycles. The Hall–Kier alpha value is -0.0400. The highest BCUT2D eigenvalue weighted by atomic mass is 16.5. The van der Waals surface area contributed by atoms with Crippen LogP contribution in [0.15, 0.2) is 0 Å². The molecule has 1 rings (SSSR count). The molecule has 0 bridgehead atoms. The van der Waals surface area contributed by atoms with E-state index in [9.17, 15) is 0 Å². The first-order valence-electron chi connectivity index (χ1n) is 2.74. The fraction of sp³-hybridized carbons (Fsp3) is 1.00. The lowest BCUT2D eigenvalue weighted by atomic mass is 10.3. The molecule has 0 N–H and O–H groups in total. The minimum atomic E-state index is 0.250. The molecule has 0 spiro atoms. The summed E-state index contributed by atoms with van der Waals surface area (Å²) in [7, 11) is 1.78. The molecule has 1 heteroatoms. The molecule has 1 nitrogen and oxygen atoms in total. The molecular formula is C6H12O. The molecule has 0 radical (unpaired) electrons. The third-order valence-electron chi connectivity index (χ3n) is 2.06. The molecule has 7 heavy (non-hydrogen) atoms. The monoisotopic (exact) mass is 100 g/mol. The van der Waals surface area contributed by atoms with E-state index < -0.39 is 0 Å². The molecular weight excluding hydrogens is 88.1 g/mol. The zero-order valence-corrected chi connectivity index (χ0v) is 5.19. The van der Waals surface area contributed by atoms with E-state index in [0.29, 0.717) is 0 Å². The molecule has 0 aromatic carbocycles. The van der Waals surface area contributed by atoms with Crippen molar-refractivity contribution >= 4 is 0 Å². The van der Waals surface area contributed by atoms with Gasteiger partial charge < -0.3 is 4.74 Å². The standard InChI is InChI=1S/C6H12O/c1-5-4-6(5,2)7-3/h5H,4H2,1-3H3. The Morgan fingerprint density at radius 3 is 2.14 bits per heavy atom. The van der Waals surface area contributed by atoms with Crippen LogP contribution < -0.4 is 0 Å². The van der Waals surface area contributed by atoms with Crippen molar-refractivity contribution in [1.29, 1.82) is 0 Å². The van der Waals surface area contributed by atoms with E-state index in [0.717, 1.165) is 5.92 Å². The second kappa shape index (κ2) is 1.22. The maximum Gasteiger partial charge on any atom is 0.0680 e. The summed E-state index contributed by atoms with van der Waals surface area (Å²) in [5.74, 6) is 0.789. The Bertz CT molecular complexity index is 76.2. The fourth-order valence-electron chi connectivity index (χ4n) is 0.834. The lowest BCUT2D eigenvalue weighted by Crippen LogP contribution is -2.06. The lowest BCUT2D eigenvalue weighted by Gasteiger charge is -2.03. The highest BCUT2D eigenvalue weighted by Gasteiger charge is 2.46. The van der Waals surface area contributed by atoms with Gasteiger partial charge in [0.2, 0.25) is 0 Å². The average molecular weight is 100 g/mol. The summed E-state index contributed by atoms with van der Waals surface area (Å²) in [6, 6.07) is 0. The highest BCUT2D eigenvalue weighted by Crippen LogP contribution is 2.45. The van der Waals surface area contributed by atoms with Crippen LogP contribution in [0.25, 0.3) is 0 Å². The SMILES string of the molecule is COC1(C)CC1C. The summed E-state index contributed by atoms with van der Waals surface area (Å²) in [4.78, 5) is 0. The molecule has 0 aromatic rings. The van der Waals surface area contributed by atoms with Crippen molar-refractivity contribution < 1.29 is 4.74 Å². The summed E-state index contributed by atoms with van der Waals surface area (Å²) < 4.78 is 5.16. The molecule has 2 unspecified atom stereocenters. The van der Waals surface area contributed by atoms with Gasteiger partial charge in [0.05, 0.1) is 5.60 Å². The quantitative estimate of drug-likeness (QED) is 0.484. The number of ether oxygens (including phenoxy) is 1. The Labute approximate surface area is 44.7 Å². The van der Waals surface area contributed by atoms with Gasteiger partial charge in [0.25, 0.3) is 0 Å². The fourth-order valence-corrected chi connectivity index (χ4v) is 0.834. The summed E-state index contributed by atoms with van der Waals surface area (Å²) in [6.07, 6.45) is 1.24. The molecule has 1 aliphatic rings. The van der Waals surface area contributed by atoms with Crippen molar-refractivity contribution in [3.63, 3.8) is 0 Å². The van der Waals surface area contributed by atoms with Crippen molar-refractivity contribution in [3.8, 4) is 0 Å². The number of hydrogen-bond donors (Lipinski definition) is 0. The predicted molar refractivity (Wildman–Crippen MR) is 29.2 cm³/mol. The van der Waals surface area contributed by atoms with E-state index in [1.54, 1.807) is 7.11 Å². The zero-order chi connectivity index (χ0) is 5.49. The zero-order valence-electron chi connectivity index (χ0n) is 5.19. The smallest absolute Gasteiger partial charge is 0.0680 e. The summed E-state index contributed by atoms with van der Waals surface area (Å²) in [5, 5.41) is 0. The largest absolute Gasteiger partial charge is 0.378 e. The molecule has 1 fully saturated rings. The van der Waals surface area contributed by atoms with Gasteiger partial charge in [0, 0.05) is 7.11 Å². The van der Waals surface area contributed by atoms with E-state index in [1.165, 1.54) is 6.42 Å². The van der Waals surface area contributed by atoms with Crippen molar-refractivity contribution in [2.75, 3.05) is 7.11 Å². The number of methoxy groups -OCH3 is 1. The van der Waals surface area contributed by atoms with Crippen LogP contribution in [0, 0.1) is 5.92 Å². The van der Waals surface area contributed by atoms with Crippen LogP contribution >= 0.6 is 0 Å². The van der Waals surface area contributed by atoms with E-state index in [-0.39, 0.29) is 5.60 Å². The minimum Gasteiger partial charge on any atom is -0.378 e. The van der Waals surface area contributed by atoms with Crippen molar-refractivity contribution in [2.45, 2.75) is 25.9 Å². The molecule has 0 saturated heterocycles. The van der Waals surface area contributed by atoms with Crippen molar-refractivity contribution in [3.05, 3.63) is 0 Å². The summed E-state index contributed by atoms with van der Waals surface area (Å²) in [6.45, 7) is 4.36.